The van der Waals surface area contributed by atoms with E-state index < -0.39 is 0 Å². The van der Waals surface area contributed by atoms with Crippen LogP contribution in [0.1, 0.15) is 32.8 Å². The van der Waals surface area contributed by atoms with Gasteiger partial charge in [-0.15, -0.1) is 0 Å². The summed E-state index contributed by atoms with van der Waals surface area (Å²) in [6.45, 7) is 6.93. The number of nitrogens with zero attached hydrogens (tertiary/aromatic N) is 2. The van der Waals surface area contributed by atoms with Gasteiger partial charge >= 0.3 is 0 Å². The minimum absolute atomic E-state index is 0.00148. The minimum Gasteiger partial charge on any atom is -0.333 e. The van der Waals surface area contributed by atoms with E-state index in [1.54, 1.807) is 12.5 Å². The predicted molar refractivity (Wildman–Crippen MR) is 80.5 cm³/mol. The number of benzene rings is 1. The van der Waals surface area contributed by atoms with Gasteiger partial charge in [0.15, 0.2) is 0 Å². The molecule has 0 aliphatic rings. The molecule has 1 aromatic carbocycles. The Hall–Kier alpha value is -2.10. The summed E-state index contributed by atoms with van der Waals surface area (Å²) in [5, 5.41) is 2.95. The highest BCUT2D eigenvalue weighted by atomic mass is 16.1. The summed E-state index contributed by atoms with van der Waals surface area (Å²) in [7, 11) is 0. The first-order valence-corrected chi connectivity index (χ1v) is 6.77. The average Bonchev–Trinajstić information content (AvgIpc) is 2.79. The lowest BCUT2D eigenvalue weighted by Gasteiger charge is -2.17. The number of anilines is 1. The zero-order valence-electron chi connectivity index (χ0n) is 12.3. The third-order valence-corrected chi connectivity index (χ3v) is 2.83. The van der Waals surface area contributed by atoms with E-state index in [9.17, 15) is 4.79 Å². The van der Waals surface area contributed by atoms with Crippen molar-refractivity contribution in [2.24, 2.45) is 5.41 Å². The van der Waals surface area contributed by atoms with Gasteiger partial charge in [-0.3, -0.25) is 4.79 Å². The van der Waals surface area contributed by atoms with Gasteiger partial charge in [0.25, 0.3) is 0 Å². The van der Waals surface area contributed by atoms with E-state index in [4.69, 9.17) is 0 Å². The number of hydrogen-bond donors (Lipinski definition) is 1. The van der Waals surface area contributed by atoms with Crippen molar-refractivity contribution < 1.29 is 4.79 Å². The molecule has 0 spiro atoms. The summed E-state index contributed by atoms with van der Waals surface area (Å²) >= 11 is 0. The standard InChI is InChI=1S/C16H21N3O/c1-16(2,3)10-15(20)18-14-6-4-5-13(9-14)11-19-8-7-17-12-19/h4-9,12H,10-11H2,1-3H3,(H,18,20). The number of imidazole rings is 1. The van der Waals surface area contributed by atoms with Gasteiger partial charge in [0.1, 0.15) is 0 Å². The Labute approximate surface area is 119 Å². The number of nitrogens with one attached hydrogen (secondary N) is 1. The zero-order valence-corrected chi connectivity index (χ0v) is 12.3. The molecule has 1 heterocycles. The zero-order chi connectivity index (χ0) is 14.6. The van der Waals surface area contributed by atoms with E-state index in [1.165, 1.54) is 0 Å². The number of rotatable bonds is 4. The molecule has 1 N–H and O–H groups in total. The third kappa shape index (κ3) is 4.53. The summed E-state index contributed by atoms with van der Waals surface area (Å²) in [6.07, 6.45) is 5.98. The largest absolute Gasteiger partial charge is 0.333 e. The van der Waals surface area contributed by atoms with Crippen LogP contribution in [0.25, 0.3) is 0 Å². The molecule has 1 amide bonds. The fraction of sp³-hybridized carbons (Fsp3) is 0.375. The van der Waals surface area contributed by atoms with Crippen molar-refractivity contribution in [2.75, 3.05) is 5.32 Å². The Morgan fingerprint density at radius 2 is 2.15 bits per heavy atom. The van der Waals surface area contributed by atoms with Crippen molar-refractivity contribution in [3.63, 3.8) is 0 Å². The smallest absolute Gasteiger partial charge is 0.224 e. The lowest BCUT2D eigenvalue weighted by atomic mass is 9.92. The quantitative estimate of drug-likeness (QED) is 0.927. The van der Waals surface area contributed by atoms with Crippen LogP contribution in [-0.2, 0) is 11.3 Å². The van der Waals surface area contributed by atoms with E-state index in [-0.39, 0.29) is 11.3 Å². The fourth-order valence-electron chi connectivity index (χ4n) is 2.03. The van der Waals surface area contributed by atoms with Crippen LogP contribution in [-0.4, -0.2) is 15.5 Å². The van der Waals surface area contributed by atoms with E-state index in [2.05, 4.69) is 31.1 Å². The maximum atomic E-state index is 11.9. The lowest BCUT2D eigenvalue weighted by Crippen LogP contribution is -2.19. The summed E-state index contributed by atoms with van der Waals surface area (Å²) in [4.78, 5) is 16.0. The van der Waals surface area contributed by atoms with Gasteiger partial charge < -0.3 is 9.88 Å². The highest BCUT2D eigenvalue weighted by Crippen LogP contribution is 2.20. The molecular formula is C16H21N3O. The monoisotopic (exact) mass is 271 g/mol. The molecule has 0 saturated heterocycles. The van der Waals surface area contributed by atoms with Crippen molar-refractivity contribution in [2.45, 2.75) is 33.7 Å². The molecule has 0 bridgehead atoms. The topological polar surface area (TPSA) is 46.9 Å². The van der Waals surface area contributed by atoms with Crippen LogP contribution in [0.5, 0.6) is 0 Å². The number of carbonyl (C=O) groups excluding carboxylic acids is 1. The first-order valence-electron chi connectivity index (χ1n) is 6.77. The summed E-state index contributed by atoms with van der Waals surface area (Å²) in [6, 6.07) is 7.91. The van der Waals surface area contributed by atoms with Crippen LogP contribution < -0.4 is 5.32 Å². The third-order valence-electron chi connectivity index (χ3n) is 2.83. The Morgan fingerprint density at radius 3 is 2.80 bits per heavy atom. The second-order valence-corrected chi connectivity index (χ2v) is 6.22. The highest BCUT2D eigenvalue weighted by molar-refractivity contribution is 5.91. The molecule has 20 heavy (non-hydrogen) atoms. The molecule has 2 rings (SSSR count). The van der Waals surface area contributed by atoms with E-state index in [1.807, 2.05) is 35.0 Å². The Kier molecular flexibility index (Phi) is 4.23. The van der Waals surface area contributed by atoms with Gasteiger partial charge in [-0.25, -0.2) is 4.98 Å². The second-order valence-electron chi connectivity index (χ2n) is 6.22. The van der Waals surface area contributed by atoms with Crippen LogP contribution in [0.3, 0.4) is 0 Å². The van der Waals surface area contributed by atoms with Crippen molar-refractivity contribution in [3.8, 4) is 0 Å². The van der Waals surface area contributed by atoms with Gasteiger partial charge in [0.05, 0.1) is 6.33 Å². The van der Waals surface area contributed by atoms with Crippen molar-refractivity contribution >= 4 is 11.6 Å². The molecule has 0 unspecified atom stereocenters. The number of carbonyl (C=O) groups is 1. The molecule has 0 aliphatic carbocycles. The maximum absolute atomic E-state index is 11.9. The second kappa shape index (κ2) is 5.90. The summed E-state index contributed by atoms with van der Waals surface area (Å²) in [5.41, 5.74) is 1.98. The van der Waals surface area contributed by atoms with Gasteiger partial charge in [-0.05, 0) is 23.1 Å². The van der Waals surface area contributed by atoms with Gasteiger partial charge in [0, 0.05) is 31.0 Å². The summed E-state index contributed by atoms with van der Waals surface area (Å²) < 4.78 is 2.00. The van der Waals surface area contributed by atoms with Gasteiger partial charge in [-0.1, -0.05) is 32.9 Å². The van der Waals surface area contributed by atoms with Gasteiger partial charge in [-0.2, -0.15) is 0 Å². The minimum atomic E-state index is -0.00148. The first kappa shape index (κ1) is 14.3. The molecular weight excluding hydrogens is 250 g/mol. The molecule has 0 atom stereocenters. The first-order chi connectivity index (χ1) is 9.42. The Bertz CT molecular complexity index is 568. The highest BCUT2D eigenvalue weighted by Gasteiger charge is 2.15. The predicted octanol–water partition coefficient (Wildman–Crippen LogP) is 3.31. The molecule has 0 fully saturated rings. The van der Waals surface area contributed by atoms with Crippen LogP contribution in [0.15, 0.2) is 43.0 Å². The molecule has 0 saturated carbocycles. The SMILES string of the molecule is CC(C)(C)CC(=O)Nc1cccc(Cn2ccnc2)c1. The fourth-order valence-corrected chi connectivity index (χ4v) is 2.03. The van der Waals surface area contributed by atoms with Crippen LogP contribution in [0.2, 0.25) is 0 Å². The number of hydrogen-bond acceptors (Lipinski definition) is 2. The van der Waals surface area contributed by atoms with Crippen molar-refractivity contribution in [1.82, 2.24) is 9.55 Å². The molecule has 4 nitrogen and oxygen atoms in total. The van der Waals surface area contributed by atoms with Crippen LogP contribution in [0.4, 0.5) is 5.69 Å². The molecule has 106 valence electrons. The van der Waals surface area contributed by atoms with E-state index >= 15 is 0 Å². The molecule has 0 radical (unpaired) electrons. The molecule has 4 heteroatoms. The van der Waals surface area contributed by atoms with E-state index in [0.717, 1.165) is 17.8 Å². The van der Waals surface area contributed by atoms with Crippen molar-refractivity contribution in [1.29, 1.82) is 0 Å². The Morgan fingerprint density at radius 1 is 1.35 bits per heavy atom. The van der Waals surface area contributed by atoms with Crippen molar-refractivity contribution in [3.05, 3.63) is 48.5 Å². The maximum Gasteiger partial charge on any atom is 0.224 e. The number of amides is 1. The van der Waals surface area contributed by atoms with Crippen LogP contribution in [0, 0.1) is 5.41 Å². The average molecular weight is 271 g/mol. The van der Waals surface area contributed by atoms with E-state index in [0.29, 0.717) is 6.42 Å². The molecule has 0 aliphatic heterocycles. The number of aromatic nitrogens is 2. The van der Waals surface area contributed by atoms with Gasteiger partial charge in [0.2, 0.25) is 5.91 Å². The van der Waals surface area contributed by atoms with Crippen LogP contribution >= 0.6 is 0 Å². The normalized spacial score (nSPS) is 11.3. The molecule has 2 aromatic rings. The Balaban J connectivity index is 2.01. The lowest BCUT2D eigenvalue weighted by molar-refractivity contribution is -0.117. The molecule has 1 aromatic heterocycles. The summed E-state index contributed by atoms with van der Waals surface area (Å²) in [5.74, 6) is 0.0530.